The molecule has 0 saturated heterocycles. The molecule has 5 heteroatoms. The summed E-state index contributed by atoms with van der Waals surface area (Å²) >= 11 is 0. The van der Waals surface area contributed by atoms with Gasteiger partial charge in [0.1, 0.15) is 25.0 Å². The van der Waals surface area contributed by atoms with Crippen LogP contribution in [0, 0.1) is 29.0 Å². The number of nitriles is 1. The molecule has 0 aliphatic heterocycles. The third-order valence-corrected chi connectivity index (χ3v) is 2.62. The minimum Gasteiger partial charge on any atom is -0.486 e. The number of ether oxygens (including phenoxy) is 1. The zero-order valence-electron chi connectivity index (χ0n) is 11.0. The van der Waals surface area contributed by atoms with Crippen LogP contribution in [0.4, 0.5) is 4.39 Å². The second kappa shape index (κ2) is 7.04. The first-order chi connectivity index (χ1) is 10.2. The summed E-state index contributed by atoms with van der Waals surface area (Å²) in [6, 6.07) is 9.51. The zero-order chi connectivity index (χ0) is 15.1. The van der Waals surface area contributed by atoms with Gasteiger partial charge in [0.15, 0.2) is 11.6 Å². The Kier molecular flexibility index (Phi) is 4.87. The molecule has 1 aromatic heterocycles. The molecule has 0 saturated carbocycles. The summed E-state index contributed by atoms with van der Waals surface area (Å²) < 4.78 is 19.1. The van der Waals surface area contributed by atoms with Crippen molar-refractivity contribution in [3.8, 4) is 23.7 Å². The highest BCUT2D eigenvalue weighted by Crippen LogP contribution is 2.20. The van der Waals surface area contributed by atoms with Crippen molar-refractivity contribution in [2.75, 3.05) is 6.61 Å². The number of aliphatic hydroxyl groups excluding tert-OH is 1. The third kappa shape index (κ3) is 3.79. The standard InChI is InChI=1S/C16H11FN2O2/c17-14-6-5-12(3-2-8-20)9-16(14)21-11-13-4-1-7-19-15(13)10-18/h1,4-7,9,20H,8,11H2. The van der Waals surface area contributed by atoms with Crippen molar-refractivity contribution in [1.82, 2.24) is 4.98 Å². The molecule has 0 unspecified atom stereocenters. The van der Waals surface area contributed by atoms with Crippen LogP contribution in [0.2, 0.25) is 0 Å². The minimum atomic E-state index is -0.521. The van der Waals surface area contributed by atoms with Gasteiger partial charge in [0.2, 0.25) is 0 Å². The van der Waals surface area contributed by atoms with E-state index in [1.165, 1.54) is 24.4 Å². The van der Waals surface area contributed by atoms with Crippen LogP contribution in [-0.2, 0) is 6.61 Å². The summed E-state index contributed by atoms with van der Waals surface area (Å²) in [7, 11) is 0. The van der Waals surface area contributed by atoms with E-state index in [0.717, 1.165) is 0 Å². The van der Waals surface area contributed by atoms with Crippen molar-refractivity contribution < 1.29 is 14.2 Å². The first-order valence-electron chi connectivity index (χ1n) is 6.10. The SMILES string of the molecule is N#Cc1ncccc1COc1cc(C#CCO)ccc1F. The highest BCUT2D eigenvalue weighted by Gasteiger charge is 2.07. The lowest BCUT2D eigenvalue weighted by molar-refractivity contribution is 0.289. The number of benzene rings is 1. The van der Waals surface area contributed by atoms with Crippen LogP contribution in [0.1, 0.15) is 16.8 Å². The Morgan fingerprint density at radius 1 is 1.33 bits per heavy atom. The van der Waals surface area contributed by atoms with Crippen LogP contribution < -0.4 is 4.74 Å². The number of nitrogens with zero attached hydrogens (tertiary/aromatic N) is 2. The van der Waals surface area contributed by atoms with Gasteiger partial charge in [-0.05, 0) is 24.3 Å². The Labute approximate surface area is 121 Å². The van der Waals surface area contributed by atoms with E-state index in [4.69, 9.17) is 15.1 Å². The lowest BCUT2D eigenvalue weighted by Gasteiger charge is -2.08. The maximum absolute atomic E-state index is 13.7. The number of halogens is 1. The highest BCUT2D eigenvalue weighted by molar-refractivity contribution is 5.41. The minimum absolute atomic E-state index is 0.0323. The second-order valence-electron chi connectivity index (χ2n) is 4.02. The molecular weight excluding hydrogens is 271 g/mol. The smallest absolute Gasteiger partial charge is 0.165 e. The number of hydrogen-bond donors (Lipinski definition) is 1. The van der Waals surface area contributed by atoms with Crippen LogP contribution in [0.15, 0.2) is 36.5 Å². The summed E-state index contributed by atoms with van der Waals surface area (Å²) in [5, 5.41) is 17.6. The molecule has 2 aromatic rings. The lowest BCUT2D eigenvalue weighted by atomic mass is 10.2. The van der Waals surface area contributed by atoms with Gasteiger partial charge in [-0.25, -0.2) is 9.37 Å². The van der Waals surface area contributed by atoms with Gasteiger partial charge >= 0.3 is 0 Å². The summed E-state index contributed by atoms with van der Waals surface area (Å²) in [5.74, 6) is 4.66. The molecule has 0 amide bonds. The predicted molar refractivity (Wildman–Crippen MR) is 73.6 cm³/mol. The molecule has 0 radical (unpaired) electrons. The van der Waals surface area contributed by atoms with Crippen LogP contribution in [0.5, 0.6) is 5.75 Å². The van der Waals surface area contributed by atoms with Gasteiger partial charge in [-0.3, -0.25) is 0 Å². The van der Waals surface area contributed by atoms with Gasteiger partial charge in [0.25, 0.3) is 0 Å². The molecule has 0 fully saturated rings. The van der Waals surface area contributed by atoms with Gasteiger partial charge in [-0.1, -0.05) is 17.9 Å². The third-order valence-electron chi connectivity index (χ3n) is 2.62. The molecular formula is C16H11FN2O2. The van der Waals surface area contributed by atoms with Crippen molar-refractivity contribution in [2.45, 2.75) is 6.61 Å². The van der Waals surface area contributed by atoms with E-state index >= 15 is 0 Å². The Morgan fingerprint density at radius 2 is 2.19 bits per heavy atom. The van der Waals surface area contributed by atoms with E-state index in [9.17, 15) is 4.39 Å². The maximum atomic E-state index is 13.7. The van der Waals surface area contributed by atoms with Crippen LogP contribution in [0.3, 0.4) is 0 Å². The summed E-state index contributed by atoms with van der Waals surface area (Å²) in [6.07, 6.45) is 1.51. The predicted octanol–water partition coefficient (Wildman–Crippen LogP) is 2.02. The second-order valence-corrected chi connectivity index (χ2v) is 4.02. The van der Waals surface area contributed by atoms with Gasteiger partial charge < -0.3 is 9.84 Å². The van der Waals surface area contributed by atoms with Gasteiger partial charge in [-0.2, -0.15) is 5.26 Å². The topological polar surface area (TPSA) is 66.1 Å². The lowest BCUT2D eigenvalue weighted by Crippen LogP contribution is -2.01. The highest BCUT2D eigenvalue weighted by atomic mass is 19.1. The fraction of sp³-hybridized carbons (Fsp3) is 0.125. The van der Waals surface area contributed by atoms with Gasteiger partial charge in [0.05, 0.1) is 0 Å². The Bertz CT molecular complexity index is 742. The van der Waals surface area contributed by atoms with Crippen molar-refractivity contribution in [3.05, 3.63) is 59.2 Å². The molecule has 0 aliphatic rings. The molecule has 1 N–H and O–H groups in total. The Balaban J connectivity index is 2.18. The van der Waals surface area contributed by atoms with E-state index in [1.807, 2.05) is 6.07 Å². The largest absolute Gasteiger partial charge is 0.486 e. The van der Waals surface area contributed by atoms with E-state index in [1.54, 1.807) is 12.1 Å². The normalized spacial score (nSPS) is 9.38. The average Bonchev–Trinajstić information content (AvgIpc) is 2.53. The van der Waals surface area contributed by atoms with Crippen molar-refractivity contribution >= 4 is 0 Å². The molecule has 0 spiro atoms. The molecule has 0 bridgehead atoms. The van der Waals surface area contributed by atoms with Crippen LogP contribution in [-0.4, -0.2) is 16.7 Å². The molecule has 21 heavy (non-hydrogen) atoms. The first kappa shape index (κ1) is 14.5. The molecule has 1 aromatic carbocycles. The zero-order valence-corrected chi connectivity index (χ0v) is 11.0. The molecule has 104 valence electrons. The Hall–Kier alpha value is -2.89. The summed E-state index contributed by atoms with van der Waals surface area (Å²) in [6.45, 7) is -0.237. The summed E-state index contributed by atoms with van der Waals surface area (Å²) in [5.41, 5.74) is 1.35. The first-order valence-corrected chi connectivity index (χ1v) is 6.10. The van der Waals surface area contributed by atoms with Crippen molar-refractivity contribution in [1.29, 1.82) is 5.26 Å². The van der Waals surface area contributed by atoms with Gasteiger partial charge in [-0.15, -0.1) is 0 Å². The van der Waals surface area contributed by atoms with Crippen molar-refractivity contribution in [2.24, 2.45) is 0 Å². The maximum Gasteiger partial charge on any atom is 0.165 e. The fourth-order valence-corrected chi connectivity index (χ4v) is 1.64. The number of aromatic nitrogens is 1. The Morgan fingerprint density at radius 3 is 2.95 bits per heavy atom. The van der Waals surface area contributed by atoms with Crippen LogP contribution in [0.25, 0.3) is 0 Å². The average molecular weight is 282 g/mol. The molecule has 1 heterocycles. The molecule has 4 nitrogen and oxygen atoms in total. The van der Waals surface area contributed by atoms with E-state index in [2.05, 4.69) is 16.8 Å². The number of pyridine rings is 1. The number of aliphatic hydroxyl groups is 1. The molecule has 0 atom stereocenters. The monoisotopic (exact) mass is 282 g/mol. The van der Waals surface area contributed by atoms with E-state index in [-0.39, 0.29) is 24.7 Å². The fourth-order valence-electron chi connectivity index (χ4n) is 1.64. The number of rotatable bonds is 3. The summed E-state index contributed by atoms with van der Waals surface area (Å²) in [4.78, 5) is 3.90. The molecule has 2 rings (SSSR count). The molecule has 0 aliphatic carbocycles. The van der Waals surface area contributed by atoms with E-state index < -0.39 is 5.82 Å². The number of hydrogen-bond acceptors (Lipinski definition) is 4. The van der Waals surface area contributed by atoms with Crippen molar-refractivity contribution in [3.63, 3.8) is 0 Å². The quantitative estimate of drug-likeness (QED) is 0.875. The van der Waals surface area contributed by atoms with Gasteiger partial charge in [0, 0.05) is 17.3 Å². The van der Waals surface area contributed by atoms with Crippen LogP contribution >= 0.6 is 0 Å². The van der Waals surface area contributed by atoms with E-state index in [0.29, 0.717) is 11.1 Å².